The van der Waals surface area contributed by atoms with Gasteiger partial charge >= 0.3 is 0 Å². The molecule has 0 N–H and O–H groups in total. The van der Waals surface area contributed by atoms with E-state index in [2.05, 4.69) is 303 Å². The van der Waals surface area contributed by atoms with Crippen molar-refractivity contribution in [2.24, 2.45) is 0 Å². The van der Waals surface area contributed by atoms with Crippen molar-refractivity contribution in [3.8, 4) is 100 Å². The van der Waals surface area contributed by atoms with Gasteiger partial charge in [0.15, 0.2) is 0 Å². The van der Waals surface area contributed by atoms with Crippen molar-refractivity contribution in [3.05, 3.63) is 326 Å². The number of benzene rings is 12. The van der Waals surface area contributed by atoms with Crippen LogP contribution in [0.25, 0.3) is 100 Å². The maximum Gasteiger partial charge on any atom is 0.0714 e. The minimum Gasteiger partial charge on any atom is -0.0622 e. The summed E-state index contributed by atoms with van der Waals surface area (Å²) in [6, 6.07) is 112. The van der Waals surface area contributed by atoms with Crippen LogP contribution in [0.2, 0.25) is 0 Å². The maximum absolute atomic E-state index is 2.48. The number of fused-ring (bicyclic) bond motifs is 3. The summed E-state index contributed by atoms with van der Waals surface area (Å²) in [5.41, 5.74) is 25.8. The molecule has 0 fully saturated rings. The maximum atomic E-state index is 2.48. The van der Waals surface area contributed by atoms with E-state index in [0.29, 0.717) is 0 Å². The van der Waals surface area contributed by atoms with Crippen LogP contribution in [0.3, 0.4) is 0 Å². The molecule has 0 aromatic heterocycles. The summed E-state index contributed by atoms with van der Waals surface area (Å²) < 4.78 is 0. The van der Waals surface area contributed by atoms with Gasteiger partial charge < -0.3 is 0 Å². The lowest BCUT2D eigenvalue weighted by Crippen LogP contribution is -2.29. The largest absolute Gasteiger partial charge is 0.0714 e. The predicted molar refractivity (Wildman–Crippen MR) is 307 cm³/mol. The first-order chi connectivity index (χ1) is 36.2. The number of hydrogen-bond acceptors (Lipinski definition) is 0. The zero-order chi connectivity index (χ0) is 48.6. The van der Waals surface area contributed by atoms with Crippen LogP contribution < -0.4 is 0 Å². The van der Waals surface area contributed by atoms with Gasteiger partial charge in [-0.05, 0) is 159 Å². The summed E-state index contributed by atoms with van der Waals surface area (Å²) in [7, 11) is 0. The molecule has 0 unspecified atom stereocenters. The zero-order valence-electron chi connectivity index (χ0n) is 40.4. The Morgan fingerprint density at radius 1 is 0.151 bits per heavy atom. The monoisotopic (exact) mass is 926 g/mol. The van der Waals surface area contributed by atoms with Crippen molar-refractivity contribution in [1.82, 2.24) is 0 Å². The Bertz CT molecular complexity index is 3410. The lowest BCUT2D eigenvalue weighted by molar-refractivity contribution is 0.770. The average molecular weight is 927 g/mol. The molecule has 0 heteroatoms. The second kappa shape index (κ2) is 18.8. The van der Waals surface area contributed by atoms with Crippen LogP contribution in [0.4, 0.5) is 0 Å². The molecule has 13 rings (SSSR count). The molecule has 0 spiro atoms. The molecular weight excluding hydrogens is 877 g/mol. The molecule has 0 bridgehead atoms. The van der Waals surface area contributed by atoms with E-state index in [1.807, 2.05) is 0 Å². The topological polar surface area (TPSA) is 0 Å². The molecule has 0 radical (unpaired) electrons. The fraction of sp³-hybridized carbons (Fsp3) is 0.0137. The van der Waals surface area contributed by atoms with Gasteiger partial charge in [-0.2, -0.15) is 0 Å². The first kappa shape index (κ1) is 43.6. The molecule has 1 aliphatic carbocycles. The third-order valence-electron chi connectivity index (χ3n) is 15.0. The zero-order valence-corrected chi connectivity index (χ0v) is 40.4. The van der Waals surface area contributed by atoms with Crippen molar-refractivity contribution in [2.45, 2.75) is 5.41 Å². The van der Waals surface area contributed by atoms with Crippen LogP contribution in [-0.2, 0) is 5.41 Å². The molecule has 0 nitrogen and oxygen atoms in total. The summed E-state index contributed by atoms with van der Waals surface area (Å²) in [5, 5.41) is 0. The second-order valence-electron chi connectivity index (χ2n) is 19.2. The molecule has 0 amide bonds. The predicted octanol–water partition coefficient (Wildman–Crippen LogP) is 19.4. The van der Waals surface area contributed by atoms with E-state index in [0.717, 1.165) is 0 Å². The average Bonchev–Trinajstić information content (AvgIpc) is 3.80. The molecule has 12 aromatic carbocycles. The van der Waals surface area contributed by atoms with Crippen LogP contribution >= 0.6 is 0 Å². The van der Waals surface area contributed by atoms with Crippen molar-refractivity contribution in [3.63, 3.8) is 0 Å². The molecule has 1 aliphatic rings. The Morgan fingerprint density at radius 2 is 0.342 bits per heavy atom. The third kappa shape index (κ3) is 8.10. The molecule has 0 heterocycles. The standard InChI is InChI=1S/C73H50/c1-5-17-51(18-6-1)55-29-37-59(38-30-55)63-45-64(60-39-31-56(32-40-60)52-19-7-2-8-20-52)48-67(47-63)73(71-27-15-13-25-69(71)70-26-14-16-28-72(70)73)68-49-65(61-41-33-57(34-42-61)53-21-9-3-10-22-53)46-66(50-68)62-43-35-58(36-44-62)54-23-11-4-12-24-54/h1-50H. The van der Waals surface area contributed by atoms with E-state index < -0.39 is 5.41 Å². The second-order valence-corrected chi connectivity index (χ2v) is 19.2. The highest BCUT2D eigenvalue weighted by molar-refractivity contribution is 5.90. The minimum absolute atomic E-state index is 0.704. The molecule has 0 atom stereocenters. The van der Waals surface area contributed by atoms with Gasteiger partial charge in [0.2, 0.25) is 0 Å². The van der Waals surface area contributed by atoms with Crippen LogP contribution in [0.5, 0.6) is 0 Å². The van der Waals surface area contributed by atoms with Crippen LogP contribution in [0.15, 0.2) is 303 Å². The van der Waals surface area contributed by atoms with Crippen molar-refractivity contribution in [2.75, 3.05) is 0 Å². The van der Waals surface area contributed by atoms with E-state index in [1.54, 1.807) is 0 Å². The van der Waals surface area contributed by atoms with Gasteiger partial charge in [-0.25, -0.2) is 0 Å². The van der Waals surface area contributed by atoms with E-state index in [1.165, 1.54) is 122 Å². The van der Waals surface area contributed by atoms with Crippen LogP contribution in [0.1, 0.15) is 22.3 Å². The molecular formula is C73H50. The lowest BCUT2D eigenvalue weighted by Gasteiger charge is -2.35. The Morgan fingerprint density at radius 3 is 0.589 bits per heavy atom. The van der Waals surface area contributed by atoms with Crippen molar-refractivity contribution >= 4 is 0 Å². The van der Waals surface area contributed by atoms with E-state index in [4.69, 9.17) is 0 Å². The van der Waals surface area contributed by atoms with Gasteiger partial charge in [-0.15, -0.1) is 0 Å². The van der Waals surface area contributed by atoms with Gasteiger partial charge in [0.1, 0.15) is 0 Å². The fourth-order valence-corrected chi connectivity index (χ4v) is 11.3. The molecule has 342 valence electrons. The van der Waals surface area contributed by atoms with E-state index >= 15 is 0 Å². The fourth-order valence-electron chi connectivity index (χ4n) is 11.3. The first-order valence-electron chi connectivity index (χ1n) is 25.3. The molecule has 0 saturated carbocycles. The Kier molecular flexibility index (Phi) is 11.2. The third-order valence-corrected chi connectivity index (χ3v) is 15.0. The van der Waals surface area contributed by atoms with Gasteiger partial charge in [0.05, 0.1) is 5.41 Å². The van der Waals surface area contributed by atoms with Gasteiger partial charge in [0, 0.05) is 0 Å². The summed E-state index contributed by atoms with van der Waals surface area (Å²) in [6.45, 7) is 0. The summed E-state index contributed by atoms with van der Waals surface area (Å²) in [5.74, 6) is 0. The van der Waals surface area contributed by atoms with Crippen molar-refractivity contribution in [1.29, 1.82) is 0 Å². The SMILES string of the molecule is c1ccc(-c2ccc(-c3cc(-c4ccc(-c5ccccc5)cc4)cc(C4(c5cc(-c6ccc(-c7ccccc7)cc6)cc(-c6ccc(-c7ccccc7)cc6)c5)c5ccccc5-c5ccccc54)c3)cc2)cc1. The highest BCUT2D eigenvalue weighted by atomic mass is 14.5. The van der Waals surface area contributed by atoms with Gasteiger partial charge in [-0.1, -0.05) is 267 Å². The van der Waals surface area contributed by atoms with Crippen LogP contribution in [0, 0.1) is 0 Å². The quantitative estimate of drug-likeness (QED) is 0.128. The van der Waals surface area contributed by atoms with E-state index in [9.17, 15) is 0 Å². The Hall–Kier alpha value is -9.36. The first-order valence-corrected chi connectivity index (χ1v) is 25.3. The highest BCUT2D eigenvalue weighted by Gasteiger charge is 2.46. The summed E-state index contributed by atoms with van der Waals surface area (Å²) >= 11 is 0. The smallest absolute Gasteiger partial charge is 0.0622 e. The normalized spacial score (nSPS) is 12.2. The Balaban J connectivity index is 1.06. The highest BCUT2D eigenvalue weighted by Crippen LogP contribution is 2.58. The number of hydrogen-bond donors (Lipinski definition) is 0. The van der Waals surface area contributed by atoms with E-state index in [-0.39, 0.29) is 0 Å². The molecule has 0 saturated heterocycles. The van der Waals surface area contributed by atoms with Crippen LogP contribution in [-0.4, -0.2) is 0 Å². The Labute approximate surface area is 428 Å². The lowest BCUT2D eigenvalue weighted by atomic mass is 9.66. The summed E-state index contributed by atoms with van der Waals surface area (Å²) in [6.07, 6.45) is 0. The minimum atomic E-state index is -0.704. The van der Waals surface area contributed by atoms with Gasteiger partial charge in [-0.3, -0.25) is 0 Å². The summed E-state index contributed by atoms with van der Waals surface area (Å²) in [4.78, 5) is 0. The number of rotatable bonds is 10. The molecule has 73 heavy (non-hydrogen) atoms. The van der Waals surface area contributed by atoms with Crippen molar-refractivity contribution < 1.29 is 0 Å². The molecule has 12 aromatic rings. The molecule has 0 aliphatic heterocycles. The van der Waals surface area contributed by atoms with Gasteiger partial charge in [0.25, 0.3) is 0 Å².